The number of hydrogen-bond donors (Lipinski definition) is 2. The minimum Gasteiger partial charge on any atom is -0.483 e. The fraction of sp³-hybridized carbons (Fsp3) is 0.0556. The first-order chi connectivity index (χ1) is 24.1. The molecule has 1 fully saturated rings. The van der Waals surface area contributed by atoms with Crippen molar-refractivity contribution in [3.8, 4) is 16.9 Å². The highest BCUT2D eigenvalue weighted by Gasteiger charge is 2.34. The molecule has 0 bridgehead atoms. The highest BCUT2D eigenvalue weighted by Crippen LogP contribution is 2.36. The van der Waals surface area contributed by atoms with Gasteiger partial charge in [-0.3, -0.25) is 14.5 Å². The molecule has 11 nitrogen and oxygen atoms in total. The van der Waals surface area contributed by atoms with Gasteiger partial charge in [0.05, 0.1) is 28.8 Å². The van der Waals surface area contributed by atoms with Crippen LogP contribution >= 0.6 is 23.4 Å². The molecule has 252 valence electrons. The van der Waals surface area contributed by atoms with Crippen molar-refractivity contribution in [2.75, 3.05) is 11.9 Å². The molecule has 4 aromatic carbocycles. The van der Waals surface area contributed by atoms with Crippen molar-refractivity contribution in [2.24, 2.45) is 15.3 Å². The third-order valence-corrected chi connectivity index (χ3v) is 9.40. The van der Waals surface area contributed by atoms with Gasteiger partial charge >= 0.3 is 0 Å². The Morgan fingerprint density at radius 1 is 0.960 bits per heavy atom. The number of amidine groups is 1. The first-order valence-electron chi connectivity index (χ1n) is 15.0. The normalized spacial score (nSPS) is 14.9. The van der Waals surface area contributed by atoms with E-state index >= 15 is 0 Å². The lowest BCUT2D eigenvalue weighted by molar-refractivity contribution is -0.122. The molecule has 0 spiro atoms. The van der Waals surface area contributed by atoms with Crippen molar-refractivity contribution in [2.45, 2.75) is 11.4 Å². The van der Waals surface area contributed by atoms with E-state index in [1.165, 1.54) is 35.4 Å². The zero-order chi connectivity index (χ0) is 35.1. The summed E-state index contributed by atoms with van der Waals surface area (Å²) in [6, 6.07) is 31.6. The Balaban J connectivity index is 1.18. The molecule has 1 aromatic heterocycles. The van der Waals surface area contributed by atoms with Crippen LogP contribution in [-0.2, 0) is 26.2 Å². The second-order valence-electron chi connectivity index (χ2n) is 10.8. The lowest BCUT2D eigenvalue weighted by atomic mass is 10.0. The van der Waals surface area contributed by atoms with E-state index in [1.807, 2.05) is 54.6 Å². The summed E-state index contributed by atoms with van der Waals surface area (Å²) in [6.07, 6.45) is 4.75. The number of benzene rings is 4. The Hall–Kier alpha value is -5.47. The van der Waals surface area contributed by atoms with Crippen LogP contribution in [0.15, 0.2) is 140 Å². The number of nitrogens with one attached hydrogen (secondary N) is 1. The van der Waals surface area contributed by atoms with Crippen molar-refractivity contribution >= 4 is 68.3 Å². The van der Waals surface area contributed by atoms with Crippen molar-refractivity contribution in [1.82, 2.24) is 4.90 Å². The van der Waals surface area contributed by atoms with Gasteiger partial charge in [0.2, 0.25) is 10.0 Å². The molecule has 1 aliphatic rings. The molecular formula is C36H28ClN5O6S2. The van der Waals surface area contributed by atoms with E-state index in [-0.39, 0.29) is 24.0 Å². The summed E-state index contributed by atoms with van der Waals surface area (Å²) in [5.41, 5.74) is 3.83. The summed E-state index contributed by atoms with van der Waals surface area (Å²) in [4.78, 5) is 28.0. The van der Waals surface area contributed by atoms with Crippen molar-refractivity contribution in [3.05, 3.63) is 142 Å². The highest BCUT2D eigenvalue weighted by atomic mass is 35.5. The molecule has 2 amide bonds. The van der Waals surface area contributed by atoms with Gasteiger partial charge in [-0.05, 0) is 89.1 Å². The molecule has 50 heavy (non-hydrogen) atoms. The molecule has 0 radical (unpaired) electrons. The van der Waals surface area contributed by atoms with Gasteiger partial charge < -0.3 is 14.5 Å². The topological polar surface area (TPSA) is 157 Å². The number of thioether (sulfide) groups is 1. The second kappa shape index (κ2) is 15.4. The molecule has 1 aliphatic heterocycles. The van der Waals surface area contributed by atoms with Crippen LogP contribution in [0.1, 0.15) is 16.9 Å². The third-order valence-electron chi connectivity index (χ3n) is 7.23. The summed E-state index contributed by atoms with van der Waals surface area (Å²) in [7, 11) is -3.86. The third kappa shape index (κ3) is 8.76. The van der Waals surface area contributed by atoms with Gasteiger partial charge in [0.25, 0.3) is 11.8 Å². The Labute approximate surface area is 297 Å². The van der Waals surface area contributed by atoms with Crippen LogP contribution in [0.25, 0.3) is 17.2 Å². The summed E-state index contributed by atoms with van der Waals surface area (Å²) >= 11 is 7.43. The first-order valence-corrected chi connectivity index (χ1v) is 17.7. The number of nitrogens with zero attached hydrogens (tertiary/aromatic N) is 3. The summed E-state index contributed by atoms with van der Waals surface area (Å²) < 4.78 is 34.3. The largest absolute Gasteiger partial charge is 0.483 e. The maximum atomic E-state index is 13.7. The van der Waals surface area contributed by atoms with Gasteiger partial charge in [-0.15, -0.1) is 5.10 Å². The lowest BCUT2D eigenvalue weighted by Crippen LogP contribution is -2.28. The second-order valence-corrected chi connectivity index (χ2v) is 13.8. The molecule has 0 aliphatic carbocycles. The smallest absolute Gasteiger partial charge is 0.267 e. The number of primary sulfonamides is 1. The van der Waals surface area contributed by atoms with Crippen molar-refractivity contribution < 1.29 is 27.2 Å². The molecule has 2 heterocycles. The molecule has 1 saturated heterocycles. The Morgan fingerprint density at radius 3 is 2.40 bits per heavy atom. The van der Waals surface area contributed by atoms with Crippen LogP contribution < -0.4 is 15.2 Å². The predicted molar refractivity (Wildman–Crippen MR) is 195 cm³/mol. The van der Waals surface area contributed by atoms with Crippen LogP contribution in [0.2, 0.25) is 5.02 Å². The zero-order valence-corrected chi connectivity index (χ0v) is 28.5. The molecule has 0 saturated carbocycles. The number of furan rings is 1. The fourth-order valence-electron chi connectivity index (χ4n) is 4.79. The van der Waals surface area contributed by atoms with E-state index in [9.17, 15) is 18.0 Å². The Bertz CT molecular complexity index is 2210. The SMILES string of the molecule is NS(=O)(=O)c1ccc(NC(=O)COc2ccc(Cl)cc2/C=C2\S/C(=N/N=C\c3ccc(-c4ccccc4)cc3)N(Cc3ccco3)C2=O)cc1. The number of ether oxygens (including phenoxy) is 1. The number of hydrogen-bond acceptors (Lipinski definition) is 9. The molecule has 0 atom stereocenters. The number of amides is 2. The molecule has 3 N–H and O–H groups in total. The van der Waals surface area contributed by atoms with Gasteiger partial charge in [-0.1, -0.05) is 66.2 Å². The maximum absolute atomic E-state index is 13.7. The van der Waals surface area contributed by atoms with Crippen LogP contribution in [0, 0.1) is 0 Å². The Kier molecular flexibility index (Phi) is 10.6. The van der Waals surface area contributed by atoms with Gasteiger partial charge in [0.1, 0.15) is 11.5 Å². The fourth-order valence-corrected chi connectivity index (χ4v) is 6.41. The average molecular weight is 726 g/mol. The Morgan fingerprint density at radius 2 is 1.70 bits per heavy atom. The number of rotatable bonds is 11. The number of nitrogens with two attached hydrogens (primary N) is 1. The van der Waals surface area contributed by atoms with Crippen LogP contribution in [0.5, 0.6) is 5.75 Å². The van der Waals surface area contributed by atoms with Gasteiger partial charge in [-0.25, -0.2) is 13.6 Å². The molecular weight excluding hydrogens is 698 g/mol. The summed E-state index contributed by atoms with van der Waals surface area (Å²) in [6.45, 7) is -0.248. The lowest BCUT2D eigenvalue weighted by Gasteiger charge is -2.13. The maximum Gasteiger partial charge on any atom is 0.267 e. The van der Waals surface area contributed by atoms with E-state index in [0.717, 1.165) is 28.5 Å². The van der Waals surface area contributed by atoms with Gasteiger partial charge in [0.15, 0.2) is 11.8 Å². The van der Waals surface area contributed by atoms with E-state index in [0.29, 0.717) is 37.9 Å². The summed E-state index contributed by atoms with van der Waals surface area (Å²) in [5.74, 6) is 0.0273. The van der Waals surface area contributed by atoms with Crippen molar-refractivity contribution in [1.29, 1.82) is 0 Å². The van der Waals surface area contributed by atoms with Crippen LogP contribution in [0.3, 0.4) is 0 Å². The highest BCUT2D eigenvalue weighted by molar-refractivity contribution is 8.18. The van der Waals surface area contributed by atoms with Crippen molar-refractivity contribution in [3.63, 3.8) is 0 Å². The van der Waals surface area contributed by atoms with E-state index < -0.39 is 15.9 Å². The minimum absolute atomic E-state index is 0.0820. The molecule has 0 unspecified atom stereocenters. The molecule has 5 aromatic rings. The van der Waals surface area contributed by atoms with E-state index in [1.54, 1.807) is 42.6 Å². The quantitative estimate of drug-likeness (QED) is 0.0864. The molecule has 6 rings (SSSR count). The molecule has 14 heteroatoms. The zero-order valence-electron chi connectivity index (χ0n) is 26.1. The number of carbonyl (C=O) groups is 2. The van der Waals surface area contributed by atoms with Gasteiger partial charge in [0, 0.05) is 16.3 Å². The van der Waals surface area contributed by atoms with Crippen LogP contribution in [0.4, 0.5) is 5.69 Å². The van der Waals surface area contributed by atoms with E-state index in [2.05, 4.69) is 15.5 Å². The summed E-state index contributed by atoms with van der Waals surface area (Å²) in [5, 5.41) is 17.2. The number of anilines is 1. The monoisotopic (exact) mass is 725 g/mol. The number of halogens is 1. The predicted octanol–water partition coefficient (Wildman–Crippen LogP) is 6.77. The van der Waals surface area contributed by atoms with Gasteiger partial charge in [-0.2, -0.15) is 5.10 Å². The standard InChI is InChI=1S/C36H28ClN5O6S2/c37-28-12-17-32(48-23-34(43)40-29-13-15-31(16-14-29)50(38,45)46)27(19-28)20-33-35(44)42(22-30-7-4-18-47-30)36(49-33)41-39-21-24-8-10-26(11-9-24)25-5-2-1-3-6-25/h1-21H,22-23H2,(H,40,43)(H2,38,45,46)/b33-20-,39-21-,41-36+. The van der Waals surface area contributed by atoms with Crippen LogP contribution in [-0.4, -0.2) is 43.1 Å². The van der Waals surface area contributed by atoms with E-state index in [4.69, 9.17) is 25.9 Å². The first kappa shape index (κ1) is 34.4. The average Bonchev–Trinajstić information content (AvgIpc) is 3.73. The number of carbonyl (C=O) groups excluding carboxylic acids is 2. The minimum atomic E-state index is -3.86. The number of sulfonamides is 1.